The first-order valence-corrected chi connectivity index (χ1v) is 5.52. The summed E-state index contributed by atoms with van der Waals surface area (Å²) in [6.45, 7) is 3.18. The van der Waals surface area contributed by atoms with Gasteiger partial charge in [-0.15, -0.1) is 0 Å². The van der Waals surface area contributed by atoms with Crippen molar-refractivity contribution in [3.8, 4) is 0 Å². The van der Waals surface area contributed by atoms with E-state index >= 15 is 0 Å². The van der Waals surface area contributed by atoms with E-state index < -0.39 is 0 Å². The van der Waals surface area contributed by atoms with Gasteiger partial charge in [0.05, 0.1) is 0 Å². The Hall–Kier alpha value is -2.15. The van der Waals surface area contributed by atoms with Gasteiger partial charge < -0.3 is 21.6 Å². The van der Waals surface area contributed by atoms with Gasteiger partial charge in [0.25, 0.3) is 0 Å². The van der Waals surface area contributed by atoms with Gasteiger partial charge in [-0.2, -0.15) is 0 Å². The van der Waals surface area contributed by atoms with Gasteiger partial charge in [0, 0.05) is 32.8 Å². The van der Waals surface area contributed by atoms with Gasteiger partial charge in [-0.3, -0.25) is 9.78 Å². The Kier molecular flexibility index (Phi) is 5.59. The highest BCUT2D eigenvalue weighted by Crippen LogP contribution is 2.04. The Morgan fingerprint density at radius 2 is 2.33 bits per heavy atom. The zero-order valence-corrected chi connectivity index (χ0v) is 10.2. The first-order chi connectivity index (χ1) is 8.65. The second kappa shape index (κ2) is 7.23. The Morgan fingerprint density at radius 1 is 1.56 bits per heavy atom. The second-order valence-corrected chi connectivity index (χ2v) is 3.66. The minimum Gasteiger partial charge on any atom is -0.409 e. The summed E-state index contributed by atoms with van der Waals surface area (Å²) < 4.78 is 0. The number of amides is 1. The first-order valence-electron chi connectivity index (χ1n) is 5.52. The van der Waals surface area contributed by atoms with Crippen LogP contribution in [-0.4, -0.2) is 35.0 Å². The molecule has 1 amide bonds. The van der Waals surface area contributed by atoms with Crippen LogP contribution in [0.5, 0.6) is 0 Å². The maximum absolute atomic E-state index is 10.7. The van der Waals surface area contributed by atoms with Crippen LogP contribution in [0.15, 0.2) is 23.5 Å². The molecule has 98 valence electrons. The number of rotatable bonds is 6. The maximum atomic E-state index is 10.7. The lowest BCUT2D eigenvalue weighted by molar-refractivity contribution is -0.118. The highest BCUT2D eigenvalue weighted by atomic mass is 16.4. The zero-order valence-electron chi connectivity index (χ0n) is 10.2. The van der Waals surface area contributed by atoms with E-state index in [1.54, 1.807) is 12.3 Å². The van der Waals surface area contributed by atoms with E-state index in [9.17, 15) is 4.79 Å². The number of hydrogen-bond acceptors (Lipinski definition) is 5. The normalized spacial score (nSPS) is 11.3. The van der Waals surface area contributed by atoms with Crippen LogP contribution in [0.25, 0.3) is 0 Å². The van der Waals surface area contributed by atoms with Gasteiger partial charge in [0.1, 0.15) is 5.69 Å². The minimum atomic E-state index is -0.0597. The molecule has 0 radical (unpaired) electrons. The SMILES string of the molecule is CC(=O)NCCNCc1cccnc1C(N)=NO. The summed E-state index contributed by atoms with van der Waals surface area (Å²) in [5.74, 6) is -0.0789. The third-order valence-corrected chi connectivity index (χ3v) is 2.23. The molecule has 0 aliphatic carbocycles. The van der Waals surface area contributed by atoms with Crippen LogP contribution in [0.4, 0.5) is 0 Å². The molecule has 0 spiro atoms. The summed E-state index contributed by atoms with van der Waals surface area (Å²) in [6.07, 6.45) is 1.58. The van der Waals surface area contributed by atoms with Crippen LogP contribution in [0, 0.1) is 0 Å². The van der Waals surface area contributed by atoms with Crippen LogP contribution in [0.1, 0.15) is 18.2 Å². The van der Waals surface area contributed by atoms with Crippen molar-refractivity contribution in [1.82, 2.24) is 15.6 Å². The molecule has 0 saturated carbocycles. The van der Waals surface area contributed by atoms with Crippen molar-refractivity contribution in [3.63, 3.8) is 0 Å². The molecule has 0 fully saturated rings. The van der Waals surface area contributed by atoms with Gasteiger partial charge in [0.15, 0.2) is 5.84 Å². The fraction of sp³-hybridized carbons (Fsp3) is 0.364. The standard InChI is InChI=1S/C11H17N5O2/c1-8(17)14-6-5-13-7-9-3-2-4-15-10(9)11(12)16-18/h2-4,13,18H,5-7H2,1H3,(H2,12,16)(H,14,17). The van der Waals surface area contributed by atoms with E-state index in [2.05, 4.69) is 20.8 Å². The molecule has 7 nitrogen and oxygen atoms in total. The number of nitrogens with one attached hydrogen (secondary N) is 2. The Labute approximate surface area is 105 Å². The highest BCUT2D eigenvalue weighted by molar-refractivity contribution is 5.96. The fourth-order valence-electron chi connectivity index (χ4n) is 1.41. The Bertz CT molecular complexity index is 433. The smallest absolute Gasteiger partial charge is 0.216 e. The van der Waals surface area contributed by atoms with Crippen molar-refractivity contribution in [2.75, 3.05) is 13.1 Å². The van der Waals surface area contributed by atoms with E-state index in [-0.39, 0.29) is 11.7 Å². The van der Waals surface area contributed by atoms with Crippen molar-refractivity contribution in [2.24, 2.45) is 10.9 Å². The lowest BCUT2D eigenvalue weighted by atomic mass is 10.2. The molecule has 0 atom stereocenters. The summed E-state index contributed by atoms with van der Waals surface area (Å²) in [7, 11) is 0. The van der Waals surface area contributed by atoms with E-state index in [1.807, 2.05) is 6.07 Å². The third-order valence-electron chi connectivity index (χ3n) is 2.23. The minimum absolute atomic E-state index is 0.0192. The number of hydrogen-bond donors (Lipinski definition) is 4. The summed E-state index contributed by atoms with van der Waals surface area (Å²) in [5.41, 5.74) is 6.80. The lowest BCUT2D eigenvalue weighted by Gasteiger charge is -2.08. The van der Waals surface area contributed by atoms with E-state index in [0.29, 0.717) is 25.3 Å². The van der Waals surface area contributed by atoms with Crippen molar-refractivity contribution < 1.29 is 10.0 Å². The molecule has 1 aromatic rings. The van der Waals surface area contributed by atoms with Crippen molar-refractivity contribution in [2.45, 2.75) is 13.5 Å². The molecule has 5 N–H and O–H groups in total. The third kappa shape index (κ3) is 4.38. The molecule has 18 heavy (non-hydrogen) atoms. The number of nitrogens with two attached hydrogens (primary N) is 1. The monoisotopic (exact) mass is 251 g/mol. The first kappa shape index (κ1) is 13.9. The largest absolute Gasteiger partial charge is 0.409 e. The zero-order chi connectivity index (χ0) is 13.4. The van der Waals surface area contributed by atoms with Gasteiger partial charge in [-0.1, -0.05) is 11.2 Å². The van der Waals surface area contributed by atoms with Crippen molar-refractivity contribution in [1.29, 1.82) is 0 Å². The highest BCUT2D eigenvalue weighted by Gasteiger charge is 2.07. The molecule has 0 bridgehead atoms. The van der Waals surface area contributed by atoms with Crippen molar-refractivity contribution in [3.05, 3.63) is 29.6 Å². The Morgan fingerprint density at radius 3 is 3.00 bits per heavy atom. The van der Waals surface area contributed by atoms with E-state index in [4.69, 9.17) is 10.9 Å². The number of carbonyl (C=O) groups excluding carboxylic acids is 1. The molecular weight excluding hydrogens is 234 g/mol. The summed E-state index contributed by atoms with van der Waals surface area (Å²) in [5, 5.41) is 17.4. The summed E-state index contributed by atoms with van der Waals surface area (Å²) in [6, 6.07) is 3.62. The van der Waals surface area contributed by atoms with Gasteiger partial charge in [-0.05, 0) is 11.6 Å². The van der Waals surface area contributed by atoms with E-state index in [0.717, 1.165) is 5.56 Å². The summed E-state index contributed by atoms with van der Waals surface area (Å²) >= 11 is 0. The topological polar surface area (TPSA) is 113 Å². The van der Waals surface area contributed by atoms with Gasteiger partial charge in [-0.25, -0.2) is 0 Å². The van der Waals surface area contributed by atoms with E-state index in [1.165, 1.54) is 6.92 Å². The molecule has 0 aliphatic rings. The number of carbonyl (C=O) groups is 1. The predicted molar refractivity (Wildman–Crippen MR) is 67.1 cm³/mol. The number of amidine groups is 1. The van der Waals surface area contributed by atoms with Crippen molar-refractivity contribution >= 4 is 11.7 Å². The molecular formula is C11H17N5O2. The lowest BCUT2D eigenvalue weighted by Crippen LogP contribution is -2.30. The average molecular weight is 251 g/mol. The van der Waals surface area contributed by atoms with Crippen LogP contribution >= 0.6 is 0 Å². The molecule has 0 aliphatic heterocycles. The quantitative estimate of drug-likeness (QED) is 0.177. The average Bonchev–Trinajstić information content (AvgIpc) is 2.37. The maximum Gasteiger partial charge on any atom is 0.216 e. The number of aromatic nitrogens is 1. The molecule has 0 aromatic carbocycles. The molecule has 1 rings (SSSR count). The molecule has 1 aromatic heterocycles. The van der Waals surface area contributed by atoms with Crippen LogP contribution in [0.2, 0.25) is 0 Å². The molecule has 1 heterocycles. The fourth-order valence-corrected chi connectivity index (χ4v) is 1.41. The van der Waals surface area contributed by atoms with Crippen LogP contribution < -0.4 is 16.4 Å². The molecule has 7 heteroatoms. The number of pyridine rings is 1. The number of oxime groups is 1. The Balaban J connectivity index is 2.49. The predicted octanol–water partition coefficient (Wildman–Crippen LogP) is -0.598. The van der Waals surface area contributed by atoms with Gasteiger partial charge >= 0.3 is 0 Å². The molecule has 0 saturated heterocycles. The molecule has 0 unspecified atom stereocenters. The van der Waals surface area contributed by atoms with Crippen LogP contribution in [0.3, 0.4) is 0 Å². The summed E-state index contributed by atoms with van der Waals surface area (Å²) in [4.78, 5) is 14.7. The van der Waals surface area contributed by atoms with Gasteiger partial charge in [0.2, 0.25) is 5.91 Å². The second-order valence-electron chi connectivity index (χ2n) is 3.66. The van der Waals surface area contributed by atoms with Crippen LogP contribution in [-0.2, 0) is 11.3 Å². The number of nitrogens with zero attached hydrogens (tertiary/aromatic N) is 2.